The van der Waals surface area contributed by atoms with Crippen LogP contribution < -0.4 is 9.62 Å². The van der Waals surface area contributed by atoms with Crippen LogP contribution in [0, 0.1) is 0 Å². The maximum atomic E-state index is 14.0. The summed E-state index contributed by atoms with van der Waals surface area (Å²) in [6, 6.07) is 21.3. The van der Waals surface area contributed by atoms with Gasteiger partial charge in [-0.25, -0.2) is 8.42 Å². The van der Waals surface area contributed by atoms with Crippen molar-refractivity contribution in [1.29, 1.82) is 0 Å². The van der Waals surface area contributed by atoms with Crippen molar-refractivity contribution < 1.29 is 18.0 Å². The number of nitrogens with one attached hydrogen (secondary N) is 1. The molecule has 0 bridgehead atoms. The molecule has 0 saturated carbocycles. The van der Waals surface area contributed by atoms with E-state index in [1.807, 2.05) is 32.9 Å². The molecule has 0 radical (unpaired) electrons. The van der Waals surface area contributed by atoms with Crippen molar-refractivity contribution in [2.45, 2.75) is 64.1 Å². The summed E-state index contributed by atoms with van der Waals surface area (Å²) in [4.78, 5) is 28.6. The van der Waals surface area contributed by atoms with E-state index in [1.165, 1.54) is 17.0 Å². The zero-order valence-corrected chi connectivity index (χ0v) is 24.4. The van der Waals surface area contributed by atoms with E-state index in [1.54, 1.807) is 61.5 Å². The molecule has 0 aliphatic rings. The van der Waals surface area contributed by atoms with Gasteiger partial charge in [-0.2, -0.15) is 0 Å². The fourth-order valence-corrected chi connectivity index (χ4v) is 5.81. The number of halogens is 1. The Balaban J connectivity index is 2.06. The number of hydrogen-bond donors (Lipinski definition) is 1. The maximum absolute atomic E-state index is 14.0. The van der Waals surface area contributed by atoms with E-state index in [4.69, 9.17) is 11.6 Å². The van der Waals surface area contributed by atoms with E-state index >= 15 is 0 Å². The van der Waals surface area contributed by atoms with Gasteiger partial charge in [-0.05, 0) is 62.1 Å². The van der Waals surface area contributed by atoms with Gasteiger partial charge in [-0.15, -0.1) is 0 Å². The van der Waals surface area contributed by atoms with Crippen LogP contribution in [0.5, 0.6) is 0 Å². The van der Waals surface area contributed by atoms with E-state index in [0.717, 1.165) is 16.3 Å². The third-order valence-corrected chi connectivity index (χ3v) is 8.86. The van der Waals surface area contributed by atoms with Crippen molar-refractivity contribution in [2.75, 3.05) is 10.8 Å². The van der Waals surface area contributed by atoms with Gasteiger partial charge in [0.05, 0.1) is 10.6 Å². The van der Waals surface area contributed by atoms with E-state index in [2.05, 4.69) is 5.32 Å². The minimum absolute atomic E-state index is 0.0439. The average molecular weight is 570 g/mol. The normalized spacial score (nSPS) is 12.8. The summed E-state index contributed by atoms with van der Waals surface area (Å²) < 4.78 is 29.0. The van der Waals surface area contributed by atoms with Crippen molar-refractivity contribution in [2.24, 2.45) is 0 Å². The highest BCUT2D eigenvalue weighted by Crippen LogP contribution is 2.28. The highest BCUT2D eigenvalue weighted by molar-refractivity contribution is 7.92. The lowest BCUT2D eigenvalue weighted by Crippen LogP contribution is -2.52. The van der Waals surface area contributed by atoms with Crippen LogP contribution in [0.4, 0.5) is 5.69 Å². The molecule has 2 atom stereocenters. The van der Waals surface area contributed by atoms with Crippen molar-refractivity contribution >= 4 is 39.1 Å². The van der Waals surface area contributed by atoms with Crippen molar-refractivity contribution in [3.63, 3.8) is 0 Å². The zero-order chi connectivity index (χ0) is 28.6. The van der Waals surface area contributed by atoms with Gasteiger partial charge in [0.25, 0.3) is 10.0 Å². The van der Waals surface area contributed by atoms with Crippen LogP contribution in [0.3, 0.4) is 0 Å². The molecule has 0 aromatic heterocycles. The predicted octanol–water partition coefficient (Wildman–Crippen LogP) is 5.43. The van der Waals surface area contributed by atoms with Crippen LogP contribution in [0.2, 0.25) is 5.02 Å². The first-order valence-electron chi connectivity index (χ1n) is 13.1. The van der Waals surface area contributed by atoms with Gasteiger partial charge < -0.3 is 10.2 Å². The Morgan fingerprint density at radius 3 is 2.08 bits per heavy atom. The second-order valence-electron chi connectivity index (χ2n) is 9.41. The number of rotatable bonds is 12. The topological polar surface area (TPSA) is 86.8 Å². The fraction of sp³-hybridized carbons (Fsp3) is 0.333. The molecule has 0 unspecified atom stereocenters. The van der Waals surface area contributed by atoms with Gasteiger partial charge in [-0.3, -0.25) is 13.9 Å². The number of nitrogens with zero attached hydrogens (tertiary/aromatic N) is 2. The molecule has 208 valence electrons. The third-order valence-electron chi connectivity index (χ3n) is 6.72. The Labute approximate surface area is 236 Å². The molecule has 0 heterocycles. The standard InChI is InChI=1S/C30H36ClN3O4S/c1-5-22(3)32-30(36)23(4)33(20-25-15-10-12-18-27(25)31)29(35)21-34(28-19-13-11-14-24(28)6-2)39(37,38)26-16-8-7-9-17-26/h7-19,22-23H,5-6,20-21H2,1-4H3,(H,32,36)/t22-,23-/m0/s1. The summed E-state index contributed by atoms with van der Waals surface area (Å²) in [7, 11) is -4.11. The number of carbonyl (C=O) groups is 2. The molecule has 39 heavy (non-hydrogen) atoms. The van der Waals surface area contributed by atoms with E-state index in [-0.39, 0.29) is 23.4 Å². The van der Waals surface area contributed by atoms with Gasteiger partial charge in [0.15, 0.2) is 0 Å². The van der Waals surface area contributed by atoms with E-state index in [9.17, 15) is 18.0 Å². The molecule has 3 rings (SSSR count). The van der Waals surface area contributed by atoms with Gasteiger partial charge in [0.2, 0.25) is 11.8 Å². The van der Waals surface area contributed by atoms with Gasteiger partial charge in [0.1, 0.15) is 12.6 Å². The molecular formula is C30H36ClN3O4S. The quantitative estimate of drug-likeness (QED) is 0.315. The Bertz CT molecular complexity index is 1380. The highest BCUT2D eigenvalue weighted by atomic mass is 35.5. The SMILES string of the molecule is CCc1ccccc1N(CC(=O)N(Cc1ccccc1Cl)[C@@H](C)C(=O)N[C@@H](C)CC)S(=O)(=O)c1ccccc1. The number of carbonyl (C=O) groups excluding carboxylic acids is 2. The summed E-state index contributed by atoms with van der Waals surface area (Å²) in [6.07, 6.45) is 1.30. The lowest BCUT2D eigenvalue weighted by atomic mass is 10.1. The first-order valence-corrected chi connectivity index (χ1v) is 14.9. The molecule has 2 amide bonds. The van der Waals surface area contributed by atoms with Crippen molar-refractivity contribution in [1.82, 2.24) is 10.2 Å². The highest BCUT2D eigenvalue weighted by Gasteiger charge is 2.33. The van der Waals surface area contributed by atoms with Crippen LogP contribution in [0.1, 0.15) is 45.2 Å². The summed E-state index contributed by atoms with van der Waals surface area (Å²) in [5, 5.41) is 3.38. The van der Waals surface area contributed by atoms with Gasteiger partial charge >= 0.3 is 0 Å². The number of hydrogen-bond acceptors (Lipinski definition) is 4. The average Bonchev–Trinajstić information content (AvgIpc) is 2.95. The Morgan fingerprint density at radius 2 is 1.46 bits per heavy atom. The van der Waals surface area contributed by atoms with Crippen LogP contribution in [0.15, 0.2) is 83.8 Å². The lowest BCUT2D eigenvalue weighted by molar-refractivity contribution is -0.139. The Morgan fingerprint density at radius 1 is 0.872 bits per heavy atom. The van der Waals surface area contributed by atoms with Gasteiger partial charge in [-0.1, -0.05) is 80.0 Å². The number of aryl methyl sites for hydroxylation is 1. The number of amides is 2. The second-order valence-corrected chi connectivity index (χ2v) is 11.7. The smallest absolute Gasteiger partial charge is 0.264 e. The molecule has 3 aromatic rings. The minimum atomic E-state index is -4.11. The monoisotopic (exact) mass is 569 g/mol. The van der Waals surface area contributed by atoms with E-state index in [0.29, 0.717) is 22.7 Å². The first kappa shape index (κ1) is 30.2. The fourth-order valence-electron chi connectivity index (χ4n) is 4.14. The minimum Gasteiger partial charge on any atom is -0.352 e. The van der Waals surface area contributed by atoms with Crippen LogP contribution in [0.25, 0.3) is 0 Å². The molecule has 0 saturated heterocycles. The Hall–Kier alpha value is -3.36. The van der Waals surface area contributed by atoms with Gasteiger partial charge in [0, 0.05) is 17.6 Å². The van der Waals surface area contributed by atoms with E-state index < -0.39 is 28.5 Å². The summed E-state index contributed by atoms with van der Waals surface area (Å²) >= 11 is 6.41. The summed E-state index contributed by atoms with van der Waals surface area (Å²) in [6.45, 7) is 6.98. The zero-order valence-electron chi connectivity index (χ0n) is 22.8. The first-order chi connectivity index (χ1) is 18.6. The third kappa shape index (κ3) is 7.40. The predicted molar refractivity (Wildman–Crippen MR) is 156 cm³/mol. The molecule has 1 N–H and O–H groups in total. The number of anilines is 1. The lowest BCUT2D eigenvalue weighted by Gasteiger charge is -2.33. The largest absolute Gasteiger partial charge is 0.352 e. The molecule has 0 spiro atoms. The number of para-hydroxylation sites is 1. The van der Waals surface area contributed by atoms with Crippen LogP contribution in [-0.2, 0) is 32.6 Å². The van der Waals surface area contributed by atoms with Crippen molar-refractivity contribution in [3.8, 4) is 0 Å². The van der Waals surface area contributed by atoms with Crippen LogP contribution in [-0.4, -0.2) is 43.8 Å². The van der Waals surface area contributed by atoms with Crippen molar-refractivity contribution in [3.05, 3.63) is 95.0 Å². The maximum Gasteiger partial charge on any atom is 0.264 e. The number of benzene rings is 3. The molecule has 3 aromatic carbocycles. The molecule has 0 fully saturated rings. The molecule has 7 nitrogen and oxygen atoms in total. The molecule has 9 heteroatoms. The molecular weight excluding hydrogens is 534 g/mol. The Kier molecular flexibility index (Phi) is 10.5. The molecule has 0 aliphatic heterocycles. The second kappa shape index (κ2) is 13.6. The van der Waals surface area contributed by atoms with Crippen LogP contribution >= 0.6 is 11.6 Å². The summed E-state index contributed by atoms with van der Waals surface area (Å²) in [5.41, 5.74) is 1.86. The summed E-state index contributed by atoms with van der Waals surface area (Å²) in [5.74, 6) is -0.844. The number of sulfonamides is 1. The molecule has 0 aliphatic carbocycles.